The minimum Gasteiger partial charge on any atom is -0.492 e. The maximum Gasteiger partial charge on any atom is 0.279 e. The molecule has 6 nitrogen and oxygen atoms in total. The van der Waals surface area contributed by atoms with Gasteiger partial charge in [0.15, 0.2) is 0 Å². The molecule has 0 spiro atoms. The molecule has 2 aromatic carbocycles. The predicted molar refractivity (Wildman–Crippen MR) is 127 cm³/mol. The fourth-order valence-corrected chi connectivity index (χ4v) is 5.04. The molecule has 32 heavy (non-hydrogen) atoms. The summed E-state index contributed by atoms with van der Waals surface area (Å²) >= 11 is 1.54. The van der Waals surface area contributed by atoms with E-state index in [4.69, 9.17) is 9.47 Å². The van der Waals surface area contributed by atoms with E-state index in [1.54, 1.807) is 11.3 Å². The van der Waals surface area contributed by atoms with E-state index in [-0.39, 0.29) is 0 Å². The summed E-state index contributed by atoms with van der Waals surface area (Å²) in [4.78, 5) is 20.8. The van der Waals surface area contributed by atoms with E-state index in [0.29, 0.717) is 23.7 Å². The fourth-order valence-electron chi connectivity index (χ4n) is 4.20. The molecular weight excluding hydrogens is 422 g/mol. The largest absolute Gasteiger partial charge is 0.492 e. The second-order valence-electron chi connectivity index (χ2n) is 8.47. The molecule has 2 aliphatic rings. The molecule has 168 valence electrons. The van der Waals surface area contributed by atoms with Gasteiger partial charge in [0, 0.05) is 38.6 Å². The maximum atomic E-state index is 11.8. The lowest BCUT2D eigenvalue weighted by Gasteiger charge is -2.23. The van der Waals surface area contributed by atoms with Gasteiger partial charge in [0.2, 0.25) is 5.91 Å². The van der Waals surface area contributed by atoms with Crippen LogP contribution in [0.15, 0.2) is 48.5 Å². The normalized spacial score (nSPS) is 16.3. The summed E-state index contributed by atoms with van der Waals surface area (Å²) in [6.45, 7) is 4.44. The molecule has 1 amide bonds. The Balaban J connectivity index is 1.07. The highest BCUT2D eigenvalue weighted by Crippen LogP contribution is 2.32. The van der Waals surface area contributed by atoms with Gasteiger partial charge in [0.05, 0.1) is 10.2 Å². The molecular formula is C25H29N3O3S. The van der Waals surface area contributed by atoms with Crippen molar-refractivity contribution < 1.29 is 14.3 Å². The highest BCUT2D eigenvalue weighted by Gasteiger charge is 2.29. The second kappa shape index (κ2) is 9.88. The number of ether oxygens (including phenoxy) is 2. The van der Waals surface area contributed by atoms with Gasteiger partial charge >= 0.3 is 0 Å². The average molecular weight is 452 g/mol. The van der Waals surface area contributed by atoms with Crippen molar-refractivity contribution in [2.45, 2.75) is 38.1 Å². The summed E-state index contributed by atoms with van der Waals surface area (Å²) in [6.07, 6.45) is 5.34. The standard InChI is InChI=1S/C25H29N3O3S/c29-24-7-3-14-28(24)16-4-15-27(19-8-9-19)17-18-30-20-10-12-21(13-11-20)31-25-26-22-5-1-2-6-23(22)32-25/h1-2,5-6,10-13,19H,3-4,7-9,14-18H2. The van der Waals surface area contributed by atoms with E-state index in [1.165, 1.54) is 12.8 Å². The number of fused-ring (bicyclic) bond motifs is 1. The SMILES string of the molecule is O=C1CCCN1CCCN(CCOc1ccc(Oc2nc3ccccc3s2)cc1)C1CC1. The summed E-state index contributed by atoms with van der Waals surface area (Å²) in [5.41, 5.74) is 0.958. The highest BCUT2D eigenvalue weighted by molar-refractivity contribution is 7.20. The fraction of sp³-hybridized carbons (Fsp3) is 0.440. The van der Waals surface area contributed by atoms with Gasteiger partial charge in [-0.25, -0.2) is 4.98 Å². The van der Waals surface area contributed by atoms with Crippen molar-refractivity contribution in [2.24, 2.45) is 0 Å². The van der Waals surface area contributed by atoms with Crippen molar-refractivity contribution in [2.75, 3.05) is 32.8 Å². The van der Waals surface area contributed by atoms with Crippen LogP contribution in [0.25, 0.3) is 10.2 Å². The van der Waals surface area contributed by atoms with Crippen LogP contribution in [0.4, 0.5) is 0 Å². The number of hydrogen-bond acceptors (Lipinski definition) is 6. The molecule has 5 rings (SSSR count). The molecule has 2 heterocycles. The topological polar surface area (TPSA) is 54.9 Å². The summed E-state index contributed by atoms with van der Waals surface area (Å²) in [6, 6.07) is 16.5. The van der Waals surface area contributed by atoms with Crippen LogP contribution >= 0.6 is 11.3 Å². The number of amides is 1. The molecule has 7 heteroatoms. The number of nitrogens with zero attached hydrogens (tertiary/aromatic N) is 3. The average Bonchev–Trinajstić information content (AvgIpc) is 3.45. The number of carbonyl (C=O) groups is 1. The third-order valence-corrected chi connectivity index (χ3v) is 6.97. The number of para-hydroxylation sites is 1. The van der Waals surface area contributed by atoms with Gasteiger partial charge in [-0.3, -0.25) is 9.69 Å². The summed E-state index contributed by atoms with van der Waals surface area (Å²) < 4.78 is 13.0. The molecule has 0 N–H and O–H groups in total. The van der Waals surface area contributed by atoms with Crippen LogP contribution in [-0.4, -0.2) is 59.5 Å². The number of benzene rings is 2. The first-order valence-corrected chi connectivity index (χ1v) is 12.3. The van der Waals surface area contributed by atoms with E-state index in [2.05, 4.69) is 9.88 Å². The number of likely N-dealkylation sites (tertiary alicyclic amines) is 1. The zero-order chi connectivity index (χ0) is 21.8. The van der Waals surface area contributed by atoms with Gasteiger partial charge in [0.1, 0.15) is 18.1 Å². The van der Waals surface area contributed by atoms with Crippen molar-refractivity contribution in [3.8, 4) is 16.7 Å². The van der Waals surface area contributed by atoms with Gasteiger partial charge in [-0.2, -0.15) is 0 Å². The molecule has 1 saturated carbocycles. The first-order valence-electron chi connectivity index (χ1n) is 11.5. The van der Waals surface area contributed by atoms with E-state index < -0.39 is 0 Å². The predicted octanol–water partition coefficient (Wildman–Crippen LogP) is 4.94. The molecule has 3 aromatic rings. The van der Waals surface area contributed by atoms with Crippen molar-refractivity contribution in [1.82, 2.24) is 14.8 Å². The first kappa shape index (κ1) is 21.2. The Morgan fingerprint density at radius 1 is 1.06 bits per heavy atom. The number of aromatic nitrogens is 1. The van der Waals surface area contributed by atoms with Crippen LogP contribution in [0, 0.1) is 0 Å². The smallest absolute Gasteiger partial charge is 0.279 e. The van der Waals surface area contributed by atoms with Crippen LogP contribution in [0.5, 0.6) is 16.7 Å². The molecule has 0 atom stereocenters. The zero-order valence-corrected chi connectivity index (χ0v) is 19.1. The number of thiazole rings is 1. The maximum absolute atomic E-state index is 11.8. The Kier molecular flexibility index (Phi) is 6.55. The molecule has 0 bridgehead atoms. The van der Waals surface area contributed by atoms with Gasteiger partial charge < -0.3 is 14.4 Å². The summed E-state index contributed by atoms with van der Waals surface area (Å²) in [7, 11) is 0. The number of hydrogen-bond donors (Lipinski definition) is 0. The van der Waals surface area contributed by atoms with Crippen molar-refractivity contribution >= 4 is 27.5 Å². The molecule has 2 fully saturated rings. The van der Waals surface area contributed by atoms with Crippen LogP contribution < -0.4 is 9.47 Å². The Morgan fingerprint density at radius 2 is 1.88 bits per heavy atom. The molecule has 1 aromatic heterocycles. The third kappa shape index (κ3) is 5.40. The lowest BCUT2D eigenvalue weighted by atomic mass is 10.3. The Labute approximate surface area is 192 Å². The first-order chi connectivity index (χ1) is 15.7. The monoisotopic (exact) mass is 451 g/mol. The van der Waals surface area contributed by atoms with E-state index in [1.807, 2.05) is 53.4 Å². The van der Waals surface area contributed by atoms with E-state index in [0.717, 1.165) is 67.2 Å². The van der Waals surface area contributed by atoms with E-state index >= 15 is 0 Å². The lowest BCUT2D eigenvalue weighted by Crippen LogP contribution is -2.34. The second-order valence-corrected chi connectivity index (χ2v) is 9.47. The van der Waals surface area contributed by atoms with Crippen molar-refractivity contribution in [1.29, 1.82) is 0 Å². The van der Waals surface area contributed by atoms with Gasteiger partial charge in [-0.15, -0.1) is 0 Å². The zero-order valence-electron chi connectivity index (χ0n) is 18.2. The quantitative estimate of drug-likeness (QED) is 0.413. The molecule has 1 aliphatic heterocycles. The molecule has 0 unspecified atom stereocenters. The van der Waals surface area contributed by atoms with Crippen molar-refractivity contribution in [3.05, 3.63) is 48.5 Å². The number of carbonyl (C=O) groups excluding carboxylic acids is 1. The van der Waals surface area contributed by atoms with Crippen LogP contribution in [-0.2, 0) is 4.79 Å². The van der Waals surface area contributed by atoms with Gasteiger partial charge in [-0.05, 0) is 62.1 Å². The van der Waals surface area contributed by atoms with Crippen LogP contribution in [0.1, 0.15) is 32.1 Å². The Morgan fingerprint density at radius 3 is 2.62 bits per heavy atom. The van der Waals surface area contributed by atoms with Crippen LogP contribution in [0.2, 0.25) is 0 Å². The van der Waals surface area contributed by atoms with E-state index in [9.17, 15) is 4.79 Å². The van der Waals surface area contributed by atoms with Gasteiger partial charge in [-0.1, -0.05) is 23.5 Å². The summed E-state index contributed by atoms with van der Waals surface area (Å²) in [5, 5.41) is 0.649. The highest BCUT2D eigenvalue weighted by atomic mass is 32.1. The van der Waals surface area contributed by atoms with Crippen molar-refractivity contribution in [3.63, 3.8) is 0 Å². The van der Waals surface area contributed by atoms with Crippen LogP contribution in [0.3, 0.4) is 0 Å². The summed E-state index contributed by atoms with van der Waals surface area (Å²) in [5.74, 6) is 1.93. The molecule has 1 aliphatic carbocycles. The molecule has 1 saturated heterocycles. The minimum atomic E-state index is 0.321. The Bertz CT molecular complexity index is 1020. The Hall–Kier alpha value is -2.64. The number of rotatable bonds is 11. The molecule has 0 radical (unpaired) electrons. The lowest BCUT2D eigenvalue weighted by molar-refractivity contribution is -0.127. The minimum absolute atomic E-state index is 0.321. The van der Waals surface area contributed by atoms with Gasteiger partial charge in [0.25, 0.3) is 5.19 Å². The third-order valence-electron chi connectivity index (χ3n) is 6.06.